The molecule has 0 amide bonds. The lowest BCUT2D eigenvalue weighted by atomic mass is 10.1. The van der Waals surface area contributed by atoms with Gasteiger partial charge in [0.25, 0.3) is 0 Å². The van der Waals surface area contributed by atoms with Crippen molar-refractivity contribution in [3.05, 3.63) is 36.4 Å². The lowest BCUT2D eigenvalue weighted by molar-refractivity contribution is -0.0591. The number of hydrogen-bond donors (Lipinski definition) is 0. The summed E-state index contributed by atoms with van der Waals surface area (Å²) in [7, 11) is 0. The molecule has 1 saturated heterocycles. The lowest BCUT2D eigenvalue weighted by Gasteiger charge is -2.37. The zero-order valence-corrected chi connectivity index (χ0v) is 14.0. The average molecular weight is 331 g/mol. The summed E-state index contributed by atoms with van der Waals surface area (Å²) in [5, 5.41) is 0. The molecule has 0 N–H and O–H groups in total. The van der Waals surface area contributed by atoms with Crippen LogP contribution in [0.4, 0.5) is 0 Å². The molecule has 1 aromatic carbocycles. The Morgan fingerprint density at radius 3 is 3.08 bits per heavy atom. The Morgan fingerprint density at radius 2 is 2.17 bits per heavy atom. The van der Waals surface area contributed by atoms with E-state index < -0.39 is 0 Å². The van der Waals surface area contributed by atoms with Gasteiger partial charge in [0.2, 0.25) is 6.79 Å². The number of nitrogens with zero attached hydrogens (tertiary/aromatic N) is 1. The van der Waals surface area contributed by atoms with Crippen molar-refractivity contribution in [1.82, 2.24) is 4.90 Å². The summed E-state index contributed by atoms with van der Waals surface area (Å²) in [6, 6.07) is 6.74. The van der Waals surface area contributed by atoms with Gasteiger partial charge in [-0.05, 0) is 36.5 Å². The van der Waals surface area contributed by atoms with Crippen LogP contribution in [0.5, 0.6) is 11.5 Å². The van der Waals surface area contributed by atoms with Crippen LogP contribution in [0.15, 0.2) is 30.9 Å². The molecule has 5 nitrogen and oxygen atoms in total. The third-order valence-corrected chi connectivity index (χ3v) is 5.16. The zero-order chi connectivity index (χ0) is 16.4. The van der Waals surface area contributed by atoms with Crippen LogP contribution in [0.2, 0.25) is 0 Å². The summed E-state index contributed by atoms with van der Waals surface area (Å²) in [5.41, 5.74) is 1.27. The first-order valence-electron chi connectivity index (χ1n) is 8.76. The van der Waals surface area contributed by atoms with Gasteiger partial charge in [0, 0.05) is 25.7 Å². The molecule has 0 radical (unpaired) electrons. The average Bonchev–Trinajstić information content (AvgIpc) is 3.21. The molecule has 0 spiro atoms. The van der Waals surface area contributed by atoms with Gasteiger partial charge >= 0.3 is 0 Å². The fraction of sp³-hybridized carbons (Fsp3) is 0.579. The largest absolute Gasteiger partial charge is 0.454 e. The summed E-state index contributed by atoms with van der Waals surface area (Å²) in [5.74, 6) is 2.29. The van der Waals surface area contributed by atoms with E-state index in [0.717, 1.165) is 50.6 Å². The number of rotatable bonds is 6. The highest BCUT2D eigenvalue weighted by Crippen LogP contribution is 2.37. The summed E-state index contributed by atoms with van der Waals surface area (Å²) >= 11 is 0. The lowest BCUT2D eigenvalue weighted by Crippen LogP contribution is -2.47. The van der Waals surface area contributed by atoms with E-state index in [0.29, 0.717) is 31.5 Å². The van der Waals surface area contributed by atoms with Gasteiger partial charge in [-0.3, -0.25) is 4.90 Å². The molecule has 2 fully saturated rings. The fourth-order valence-electron chi connectivity index (χ4n) is 4.05. The van der Waals surface area contributed by atoms with Crippen molar-refractivity contribution < 1.29 is 18.9 Å². The number of morpholine rings is 1. The van der Waals surface area contributed by atoms with Crippen molar-refractivity contribution >= 4 is 0 Å². The predicted molar refractivity (Wildman–Crippen MR) is 90.2 cm³/mol. The van der Waals surface area contributed by atoms with Gasteiger partial charge in [-0.2, -0.15) is 0 Å². The van der Waals surface area contributed by atoms with Crippen LogP contribution in [0.25, 0.3) is 0 Å². The molecule has 130 valence electrons. The number of ether oxygens (including phenoxy) is 4. The monoisotopic (exact) mass is 331 g/mol. The van der Waals surface area contributed by atoms with E-state index in [4.69, 9.17) is 18.9 Å². The Bertz CT molecular complexity index is 591. The first kappa shape index (κ1) is 15.9. The second-order valence-corrected chi connectivity index (χ2v) is 6.80. The van der Waals surface area contributed by atoms with Crippen molar-refractivity contribution in [2.75, 3.05) is 33.2 Å². The van der Waals surface area contributed by atoms with E-state index in [-0.39, 0.29) is 0 Å². The molecule has 1 aromatic rings. The van der Waals surface area contributed by atoms with E-state index in [1.54, 1.807) is 0 Å². The summed E-state index contributed by atoms with van der Waals surface area (Å²) < 4.78 is 22.6. The van der Waals surface area contributed by atoms with Crippen LogP contribution in [-0.4, -0.2) is 50.2 Å². The Kier molecular flexibility index (Phi) is 4.74. The van der Waals surface area contributed by atoms with Gasteiger partial charge in [0.1, 0.15) is 0 Å². The first-order valence-corrected chi connectivity index (χ1v) is 8.76. The van der Waals surface area contributed by atoms with Crippen LogP contribution in [0.3, 0.4) is 0 Å². The van der Waals surface area contributed by atoms with Crippen molar-refractivity contribution in [2.24, 2.45) is 5.92 Å². The third kappa shape index (κ3) is 3.29. The number of fused-ring (bicyclic) bond motifs is 2. The Labute approximate surface area is 143 Å². The standard InChI is InChI=1S/C19H25NO4/c1-2-6-21-12-15-8-16-18(10-15)22-7-5-20(16)11-14-3-4-17-19(9-14)24-13-23-17/h2-4,9,15-16,18H,1,5-8,10-13H2. The Morgan fingerprint density at radius 1 is 1.25 bits per heavy atom. The maximum Gasteiger partial charge on any atom is 0.231 e. The minimum Gasteiger partial charge on any atom is -0.454 e. The summed E-state index contributed by atoms with van der Waals surface area (Å²) in [6.07, 6.45) is 4.39. The number of hydrogen-bond acceptors (Lipinski definition) is 5. The molecule has 3 unspecified atom stereocenters. The Hall–Kier alpha value is -1.56. The highest BCUT2D eigenvalue weighted by Gasteiger charge is 2.40. The third-order valence-electron chi connectivity index (χ3n) is 5.16. The minimum absolute atomic E-state index is 0.327. The van der Waals surface area contributed by atoms with E-state index in [1.165, 1.54) is 5.56 Å². The highest BCUT2D eigenvalue weighted by molar-refractivity contribution is 5.44. The number of benzene rings is 1. The summed E-state index contributed by atoms with van der Waals surface area (Å²) in [4.78, 5) is 2.55. The fourth-order valence-corrected chi connectivity index (χ4v) is 4.05. The predicted octanol–water partition coefficient (Wildman–Crippen LogP) is 2.60. The van der Waals surface area contributed by atoms with Gasteiger partial charge in [0.05, 0.1) is 19.3 Å². The molecule has 1 saturated carbocycles. The maximum absolute atomic E-state index is 6.02. The molecule has 3 aliphatic rings. The SMILES string of the molecule is C=CCOCC1CC2OCCN(Cc3ccc4c(c3)OCO4)C2C1. The molecule has 2 heterocycles. The van der Waals surface area contributed by atoms with E-state index >= 15 is 0 Å². The van der Waals surface area contributed by atoms with Gasteiger partial charge < -0.3 is 18.9 Å². The quantitative estimate of drug-likeness (QED) is 0.592. The van der Waals surface area contributed by atoms with Crippen molar-refractivity contribution in [2.45, 2.75) is 31.5 Å². The smallest absolute Gasteiger partial charge is 0.231 e. The van der Waals surface area contributed by atoms with Crippen LogP contribution < -0.4 is 9.47 Å². The molecule has 5 heteroatoms. The summed E-state index contributed by atoms with van der Waals surface area (Å²) in [6.45, 7) is 8.19. The molecule has 0 aromatic heterocycles. The van der Waals surface area contributed by atoms with Crippen LogP contribution in [0.1, 0.15) is 18.4 Å². The van der Waals surface area contributed by atoms with Crippen LogP contribution in [0, 0.1) is 5.92 Å². The van der Waals surface area contributed by atoms with Crippen LogP contribution >= 0.6 is 0 Å². The van der Waals surface area contributed by atoms with Gasteiger partial charge in [-0.1, -0.05) is 12.1 Å². The molecular weight excluding hydrogens is 306 g/mol. The minimum atomic E-state index is 0.327. The maximum atomic E-state index is 6.02. The Balaban J connectivity index is 1.39. The molecule has 0 bridgehead atoms. The topological polar surface area (TPSA) is 40.2 Å². The van der Waals surface area contributed by atoms with E-state index in [9.17, 15) is 0 Å². The van der Waals surface area contributed by atoms with E-state index in [1.807, 2.05) is 12.1 Å². The van der Waals surface area contributed by atoms with Crippen molar-refractivity contribution in [1.29, 1.82) is 0 Å². The van der Waals surface area contributed by atoms with E-state index in [2.05, 4.69) is 23.6 Å². The van der Waals surface area contributed by atoms with Gasteiger partial charge in [0.15, 0.2) is 11.5 Å². The van der Waals surface area contributed by atoms with Crippen molar-refractivity contribution in [3.63, 3.8) is 0 Å². The highest BCUT2D eigenvalue weighted by atomic mass is 16.7. The second kappa shape index (κ2) is 7.13. The molecule has 1 aliphatic carbocycles. The zero-order valence-electron chi connectivity index (χ0n) is 14.0. The normalized spacial score (nSPS) is 28.8. The molecule has 24 heavy (non-hydrogen) atoms. The van der Waals surface area contributed by atoms with Crippen molar-refractivity contribution in [3.8, 4) is 11.5 Å². The van der Waals surface area contributed by atoms with Crippen LogP contribution in [-0.2, 0) is 16.0 Å². The molecular formula is C19H25NO4. The molecule has 4 rings (SSSR count). The van der Waals surface area contributed by atoms with Gasteiger partial charge in [-0.15, -0.1) is 6.58 Å². The van der Waals surface area contributed by atoms with Gasteiger partial charge in [-0.25, -0.2) is 0 Å². The second-order valence-electron chi connectivity index (χ2n) is 6.80. The first-order chi connectivity index (χ1) is 11.8. The molecule has 3 atom stereocenters. The molecule has 2 aliphatic heterocycles.